The molecule has 27 heavy (non-hydrogen) atoms. The first kappa shape index (κ1) is 16.7. The Kier molecular flexibility index (Phi) is 3.71. The minimum atomic E-state index is -0.383. The van der Waals surface area contributed by atoms with E-state index < -0.39 is 0 Å². The second-order valence-electron chi connectivity index (χ2n) is 7.79. The number of hydrogen-bond acceptors (Lipinski definition) is 4. The molecule has 5 heteroatoms. The average molecular weight is 361 g/mol. The summed E-state index contributed by atoms with van der Waals surface area (Å²) < 4.78 is 0. The molecule has 2 aromatic rings. The van der Waals surface area contributed by atoms with Crippen LogP contribution in [-0.2, 0) is 9.59 Å². The summed E-state index contributed by atoms with van der Waals surface area (Å²) in [6.45, 7) is 5.79. The molecule has 3 aliphatic heterocycles. The number of carbonyl (C=O) groups excluding carboxylic acids is 2. The predicted octanol–water partition coefficient (Wildman–Crippen LogP) is 2.84. The molecular formula is C22H23N3O2. The summed E-state index contributed by atoms with van der Waals surface area (Å²) in [5, 5.41) is 4.39. The Labute approximate surface area is 159 Å². The third-order valence-corrected chi connectivity index (χ3v) is 6.30. The maximum absolute atomic E-state index is 13.5. The number of imide groups is 1. The zero-order valence-corrected chi connectivity index (χ0v) is 15.6. The molecule has 3 heterocycles. The van der Waals surface area contributed by atoms with Crippen molar-refractivity contribution in [2.75, 3.05) is 18.0 Å². The van der Waals surface area contributed by atoms with Gasteiger partial charge in [-0.3, -0.25) is 9.59 Å². The van der Waals surface area contributed by atoms with Crippen LogP contribution in [-0.4, -0.2) is 41.0 Å². The van der Waals surface area contributed by atoms with Crippen LogP contribution in [0.15, 0.2) is 48.5 Å². The van der Waals surface area contributed by atoms with Crippen LogP contribution in [0.3, 0.4) is 0 Å². The molecule has 3 atom stereocenters. The first-order chi connectivity index (χ1) is 13.1. The van der Waals surface area contributed by atoms with E-state index in [0.29, 0.717) is 5.69 Å². The van der Waals surface area contributed by atoms with Crippen molar-refractivity contribution in [3.05, 3.63) is 65.2 Å². The second-order valence-corrected chi connectivity index (χ2v) is 7.79. The highest BCUT2D eigenvalue weighted by atomic mass is 16.2. The molecule has 0 saturated carbocycles. The lowest BCUT2D eigenvalue weighted by Gasteiger charge is -2.29. The molecule has 3 fully saturated rings. The third kappa shape index (κ3) is 2.32. The minimum absolute atomic E-state index is 0.0632. The molecule has 2 amide bonds. The molecule has 3 aliphatic rings. The number of rotatable bonds is 2. The molecule has 138 valence electrons. The van der Waals surface area contributed by atoms with Gasteiger partial charge in [0.25, 0.3) is 5.91 Å². The van der Waals surface area contributed by atoms with Crippen molar-refractivity contribution >= 4 is 17.5 Å². The summed E-state index contributed by atoms with van der Waals surface area (Å²) in [6, 6.07) is 15.5. The van der Waals surface area contributed by atoms with E-state index >= 15 is 0 Å². The zero-order chi connectivity index (χ0) is 18.7. The lowest BCUT2D eigenvalue weighted by atomic mass is 9.90. The SMILES string of the molecule is Cc1ccc(N2C(=O)[C@@H]3[C@@H](c4ccccc4)N4CCCN4[C@H]3C2=O)cc1C. The molecule has 2 aromatic carbocycles. The first-order valence-corrected chi connectivity index (χ1v) is 9.61. The quantitative estimate of drug-likeness (QED) is 0.772. The molecule has 0 bridgehead atoms. The number of carbonyl (C=O) groups is 2. The van der Waals surface area contributed by atoms with Gasteiger partial charge in [-0.15, -0.1) is 0 Å². The Morgan fingerprint density at radius 3 is 2.22 bits per heavy atom. The van der Waals surface area contributed by atoms with Crippen LogP contribution < -0.4 is 4.90 Å². The summed E-state index contributed by atoms with van der Waals surface area (Å²) >= 11 is 0. The fraction of sp³-hybridized carbons (Fsp3) is 0.364. The van der Waals surface area contributed by atoms with Crippen LogP contribution in [0.5, 0.6) is 0 Å². The van der Waals surface area contributed by atoms with Crippen LogP contribution in [0.2, 0.25) is 0 Å². The maximum atomic E-state index is 13.5. The summed E-state index contributed by atoms with van der Waals surface area (Å²) in [7, 11) is 0. The highest BCUT2D eigenvalue weighted by molar-refractivity contribution is 6.24. The molecule has 0 spiro atoms. The fourth-order valence-electron chi connectivity index (χ4n) is 4.88. The largest absolute Gasteiger partial charge is 0.274 e. The standard InChI is InChI=1S/C22H23N3O2/c1-14-9-10-17(13-15(14)2)25-21(26)18-19(16-7-4-3-5-8-16)23-11-6-12-24(23)20(18)22(25)27/h3-5,7-10,13,18-20H,6,11-12H2,1-2H3/t18-,19-,20-/m1/s1. The Bertz CT molecular complexity index is 926. The van der Waals surface area contributed by atoms with Crippen LogP contribution >= 0.6 is 0 Å². The molecule has 5 nitrogen and oxygen atoms in total. The normalized spacial score (nSPS) is 28.1. The Hall–Kier alpha value is -2.50. The van der Waals surface area contributed by atoms with Gasteiger partial charge in [-0.1, -0.05) is 36.4 Å². The van der Waals surface area contributed by atoms with E-state index in [-0.39, 0.29) is 29.8 Å². The number of hydrazine groups is 1. The average Bonchev–Trinajstić information content (AvgIpc) is 3.31. The number of aryl methyl sites for hydroxylation is 2. The smallest absolute Gasteiger partial charge is 0.253 e. The lowest BCUT2D eigenvalue weighted by molar-refractivity contribution is -0.126. The van der Waals surface area contributed by atoms with Crippen molar-refractivity contribution in [3.63, 3.8) is 0 Å². The van der Waals surface area contributed by atoms with Crippen molar-refractivity contribution in [2.24, 2.45) is 5.92 Å². The lowest BCUT2D eigenvalue weighted by Crippen LogP contribution is -2.44. The van der Waals surface area contributed by atoms with E-state index in [4.69, 9.17) is 0 Å². The summed E-state index contributed by atoms with van der Waals surface area (Å²) in [6.07, 6.45) is 1.03. The van der Waals surface area contributed by atoms with Crippen molar-refractivity contribution in [1.29, 1.82) is 0 Å². The first-order valence-electron chi connectivity index (χ1n) is 9.61. The van der Waals surface area contributed by atoms with Gasteiger partial charge in [-0.2, -0.15) is 0 Å². The van der Waals surface area contributed by atoms with E-state index in [9.17, 15) is 9.59 Å². The summed E-state index contributed by atoms with van der Waals surface area (Å²) in [5.74, 6) is -0.503. The van der Waals surface area contributed by atoms with Gasteiger partial charge < -0.3 is 0 Å². The zero-order valence-electron chi connectivity index (χ0n) is 15.6. The van der Waals surface area contributed by atoms with Crippen molar-refractivity contribution < 1.29 is 9.59 Å². The fourth-order valence-corrected chi connectivity index (χ4v) is 4.88. The maximum Gasteiger partial charge on any atom is 0.253 e. The molecule has 0 unspecified atom stereocenters. The topological polar surface area (TPSA) is 43.9 Å². The molecular weight excluding hydrogens is 338 g/mol. The minimum Gasteiger partial charge on any atom is -0.274 e. The van der Waals surface area contributed by atoms with Gasteiger partial charge in [0.1, 0.15) is 6.04 Å². The van der Waals surface area contributed by atoms with Crippen LogP contribution in [0.1, 0.15) is 29.2 Å². The molecule has 5 rings (SSSR count). The third-order valence-electron chi connectivity index (χ3n) is 6.30. The van der Waals surface area contributed by atoms with Crippen molar-refractivity contribution in [1.82, 2.24) is 10.0 Å². The van der Waals surface area contributed by atoms with Crippen LogP contribution in [0, 0.1) is 19.8 Å². The molecule has 0 radical (unpaired) electrons. The van der Waals surface area contributed by atoms with E-state index in [1.165, 1.54) is 4.90 Å². The molecule has 3 saturated heterocycles. The number of amides is 2. The van der Waals surface area contributed by atoms with Gasteiger partial charge in [0.05, 0.1) is 17.6 Å². The van der Waals surface area contributed by atoms with Crippen molar-refractivity contribution in [2.45, 2.75) is 32.4 Å². The number of anilines is 1. The molecule has 0 aliphatic carbocycles. The molecule has 0 N–H and O–H groups in total. The van der Waals surface area contributed by atoms with Crippen LogP contribution in [0.25, 0.3) is 0 Å². The number of nitrogens with zero attached hydrogens (tertiary/aromatic N) is 3. The highest BCUT2D eigenvalue weighted by Crippen LogP contribution is 2.48. The number of hydrogen-bond donors (Lipinski definition) is 0. The van der Waals surface area contributed by atoms with Gasteiger partial charge in [-0.05, 0) is 49.1 Å². The highest BCUT2D eigenvalue weighted by Gasteiger charge is 2.62. The van der Waals surface area contributed by atoms with E-state index in [2.05, 4.69) is 22.2 Å². The Morgan fingerprint density at radius 2 is 1.52 bits per heavy atom. The van der Waals surface area contributed by atoms with E-state index in [0.717, 1.165) is 36.2 Å². The van der Waals surface area contributed by atoms with Crippen molar-refractivity contribution in [3.8, 4) is 0 Å². The van der Waals surface area contributed by atoms with Gasteiger partial charge in [0.15, 0.2) is 0 Å². The van der Waals surface area contributed by atoms with Gasteiger partial charge in [-0.25, -0.2) is 14.9 Å². The molecule has 0 aromatic heterocycles. The Balaban J connectivity index is 1.59. The van der Waals surface area contributed by atoms with E-state index in [1.54, 1.807) is 0 Å². The second kappa shape index (κ2) is 6.01. The summed E-state index contributed by atoms with van der Waals surface area (Å²) in [5.41, 5.74) is 4.05. The predicted molar refractivity (Wildman–Crippen MR) is 103 cm³/mol. The number of fused-ring (bicyclic) bond motifs is 3. The van der Waals surface area contributed by atoms with Crippen LogP contribution in [0.4, 0.5) is 5.69 Å². The monoisotopic (exact) mass is 361 g/mol. The Morgan fingerprint density at radius 1 is 0.815 bits per heavy atom. The van der Waals surface area contributed by atoms with Gasteiger partial charge in [0.2, 0.25) is 5.91 Å². The van der Waals surface area contributed by atoms with E-state index in [1.807, 2.05) is 50.2 Å². The number of benzene rings is 2. The van der Waals surface area contributed by atoms with Gasteiger partial charge >= 0.3 is 0 Å². The van der Waals surface area contributed by atoms with Gasteiger partial charge in [0, 0.05) is 13.1 Å². The summed E-state index contributed by atoms with van der Waals surface area (Å²) in [4.78, 5) is 28.2.